The Bertz CT molecular complexity index is 623. The van der Waals surface area contributed by atoms with E-state index in [-0.39, 0.29) is 0 Å². The zero-order chi connectivity index (χ0) is 15.8. The first-order valence-electron chi connectivity index (χ1n) is 8.21. The molecule has 0 radical (unpaired) electrons. The summed E-state index contributed by atoms with van der Waals surface area (Å²) in [5.74, 6) is 0.541. The molecule has 1 aliphatic carbocycles. The Kier molecular flexibility index (Phi) is 6.21. The first-order chi connectivity index (χ1) is 10.8. The van der Waals surface area contributed by atoms with Gasteiger partial charge in [-0.25, -0.2) is 0 Å². The van der Waals surface area contributed by atoms with E-state index >= 15 is 0 Å². The van der Waals surface area contributed by atoms with Crippen molar-refractivity contribution in [2.75, 3.05) is 0 Å². The summed E-state index contributed by atoms with van der Waals surface area (Å²) in [6.45, 7) is 8.65. The van der Waals surface area contributed by atoms with E-state index in [4.69, 9.17) is 0 Å². The van der Waals surface area contributed by atoms with Gasteiger partial charge in [-0.05, 0) is 54.4 Å². The average molecular weight is 290 g/mol. The lowest BCUT2D eigenvalue weighted by atomic mass is 9.81. The number of hydrogen-bond acceptors (Lipinski definition) is 0. The summed E-state index contributed by atoms with van der Waals surface area (Å²) < 4.78 is 0. The summed E-state index contributed by atoms with van der Waals surface area (Å²) in [6, 6.07) is 8.52. The molecule has 0 heteroatoms. The summed E-state index contributed by atoms with van der Waals surface area (Å²) in [4.78, 5) is 0. The third kappa shape index (κ3) is 3.98. The molecule has 0 saturated carbocycles. The van der Waals surface area contributed by atoms with Gasteiger partial charge in [-0.2, -0.15) is 0 Å². The van der Waals surface area contributed by atoms with Gasteiger partial charge in [-0.1, -0.05) is 80.3 Å². The van der Waals surface area contributed by atoms with Gasteiger partial charge in [0.2, 0.25) is 0 Å². The second-order valence-corrected chi connectivity index (χ2v) is 5.66. The van der Waals surface area contributed by atoms with Crippen LogP contribution in [0.5, 0.6) is 0 Å². The topological polar surface area (TPSA) is 0 Å². The highest BCUT2D eigenvalue weighted by molar-refractivity contribution is 5.83. The van der Waals surface area contributed by atoms with Gasteiger partial charge >= 0.3 is 0 Å². The molecule has 0 bridgehead atoms. The molecule has 0 spiro atoms. The predicted molar refractivity (Wildman–Crippen MR) is 99.6 cm³/mol. The highest BCUT2D eigenvalue weighted by Gasteiger charge is 2.18. The Hall–Kier alpha value is -2.08. The molecule has 2 rings (SSSR count). The van der Waals surface area contributed by atoms with Crippen LogP contribution in [0.15, 0.2) is 72.9 Å². The predicted octanol–water partition coefficient (Wildman–Crippen LogP) is 6.59. The van der Waals surface area contributed by atoms with Crippen molar-refractivity contribution in [2.24, 2.45) is 5.92 Å². The number of rotatable bonds is 6. The minimum Gasteiger partial charge on any atom is -0.0908 e. The average Bonchev–Trinajstić information content (AvgIpc) is 2.56. The Morgan fingerprint density at radius 2 is 2.09 bits per heavy atom. The smallest absolute Gasteiger partial charge is 0.00868 e. The second-order valence-electron chi connectivity index (χ2n) is 5.66. The quantitative estimate of drug-likeness (QED) is 0.518. The summed E-state index contributed by atoms with van der Waals surface area (Å²) in [5.41, 5.74) is 5.02. The molecule has 1 atom stereocenters. The van der Waals surface area contributed by atoms with E-state index in [0.717, 1.165) is 24.8 Å². The van der Waals surface area contributed by atoms with Crippen molar-refractivity contribution in [1.29, 1.82) is 0 Å². The minimum absolute atomic E-state index is 0.541. The van der Waals surface area contributed by atoms with Crippen molar-refractivity contribution in [2.45, 2.75) is 33.1 Å². The van der Waals surface area contributed by atoms with Crippen LogP contribution in [0, 0.1) is 5.92 Å². The van der Waals surface area contributed by atoms with Gasteiger partial charge in [0, 0.05) is 0 Å². The largest absolute Gasteiger partial charge is 0.0908 e. The molecule has 0 aliphatic heterocycles. The molecule has 0 nitrogen and oxygen atoms in total. The molecular formula is C22H26. The first kappa shape index (κ1) is 16.3. The lowest BCUT2D eigenvalue weighted by Gasteiger charge is -2.23. The summed E-state index contributed by atoms with van der Waals surface area (Å²) in [7, 11) is 0. The summed E-state index contributed by atoms with van der Waals surface area (Å²) >= 11 is 0. The van der Waals surface area contributed by atoms with Crippen LogP contribution in [0.1, 0.15) is 44.2 Å². The van der Waals surface area contributed by atoms with E-state index < -0.39 is 0 Å². The molecule has 1 unspecified atom stereocenters. The van der Waals surface area contributed by atoms with Crippen LogP contribution in [0.25, 0.3) is 11.6 Å². The molecular weight excluding hydrogens is 264 g/mol. The monoisotopic (exact) mass is 290 g/mol. The van der Waals surface area contributed by atoms with E-state index in [1.54, 1.807) is 0 Å². The maximum absolute atomic E-state index is 4.41. The fourth-order valence-corrected chi connectivity index (χ4v) is 2.93. The second kappa shape index (κ2) is 8.38. The molecule has 0 heterocycles. The Morgan fingerprint density at radius 3 is 2.86 bits per heavy atom. The van der Waals surface area contributed by atoms with E-state index in [9.17, 15) is 0 Å². The molecule has 1 aliphatic rings. The number of hydrogen-bond donors (Lipinski definition) is 0. The van der Waals surface area contributed by atoms with Crippen LogP contribution in [0.2, 0.25) is 0 Å². The van der Waals surface area contributed by atoms with Gasteiger partial charge in [0.25, 0.3) is 0 Å². The van der Waals surface area contributed by atoms with Crippen molar-refractivity contribution in [3.8, 4) is 0 Å². The van der Waals surface area contributed by atoms with Crippen LogP contribution >= 0.6 is 0 Å². The fraction of sp³-hybridized carbons (Fsp3) is 0.273. The van der Waals surface area contributed by atoms with E-state index in [2.05, 4.69) is 87.2 Å². The first-order valence-corrected chi connectivity index (χ1v) is 8.21. The van der Waals surface area contributed by atoms with Crippen LogP contribution in [0.4, 0.5) is 0 Å². The standard InChI is InChI=1S/C22H26/c1-4-6-7-13-20-15-9-11-17-22(20)18(3)21-16-10-8-14-19(21)12-5-2/h5-12,14,16-17,20H,3-4,13,15H2,1-2H3/b7-6?,12-5-. The van der Waals surface area contributed by atoms with Gasteiger partial charge in [-0.15, -0.1) is 0 Å². The third-order valence-electron chi connectivity index (χ3n) is 4.08. The maximum atomic E-state index is 4.41. The molecule has 114 valence electrons. The van der Waals surface area contributed by atoms with E-state index in [0.29, 0.717) is 5.92 Å². The van der Waals surface area contributed by atoms with Gasteiger partial charge in [-0.3, -0.25) is 0 Å². The minimum atomic E-state index is 0.541. The van der Waals surface area contributed by atoms with Crippen molar-refractivity contribution in [3.05, 3.63) is 84.0 Å². The Labute approximate surface area is 135 Å². The van der Waals surface area contributed by atoms with Crippen LogP contribution < -0.4 is 0 Å². The molecule has 0 N–H and O–H groups in total. The molecule has 0 amide bonds. The Balaban J connectivity index is 2.28. The SMILES string of the molecule is C=C(C1=CC=CCC1CC=CCC)c1ccccc1/C=C\C. The highest BCUT2D eigenvalue weighted by atomic mass is 14.2. The zero-order valence-electron chi connectivity index (χ0n) is 13.8. The zero-order valence-corrected chi connectivity index (χ0v) is 13.8. The third-order valence-corrected chi connectivity index (χ3v) is 4.08. The van der Waals surface area contributed by atoms with Crippen LogP contribution in [-0.4, -0.2) is 0 Å². The van der Waals surface area contributed by atoms with Gasteiger partial charge < -0.3 is 0 Å². The normalized spacial score (nSPS) is 18.1. The molecule has 0 fully saturated rings. The maximum Gasteiger partial charge on any atom is -0.00868 e. The highest BCUT2D eigenvalue weighted by Crippen LogP contribution is 2.35. The lowest BCUT2D eigenvalue weighted by Crippen LogP contribution is -2.07. The van der Waals surface area contributed by atoms with E-state index in [1.807, 2.05) is 0 Å². The van der Waals surface area contributed by atoms with Gasteiger partial charge in [0.1, 0.15) is 0 Å². The molecule has 1 aromatic rings. The molecule has 0 aromatic heterocycles. The number of benzene rings is 1. The molecule has 0 saturated heterocycles. The summed E-state index contributed by atoms with van der Waals surface area (Å²) in [5, 5.41) is 0. The Morgan fingerprint density at radius 1 is 1.27 bits per heavy atom. The van der Waals surface area contributed by atoms with Gasteiger partial charge in [0.15, 0.2) is 0 Å². The van der Waals surface area contributed by atoms with Crippen molar-refractivity contribution < 1.29 is 0 Å². The fourth-order valence-electron chi connectivity index (χ4n) is 2.93. The van der Waals surface area contributed by atoms with Crippen LogP contribution in [-0.2, 0) is 0 Å². The van der Waals surface area contributed by atoms with Crippen LogP contribution in [0.3, 0.4) is 0 Å². The summed E-state index contributed by atoms with van der Waals surface area (Å²) in [6.07, 6.45) is 18.8. The number of allylic oxidation sites excluding steroid dienone is 8. The lowest BCUT2D eigenvalue weighted by molar-refractivity contribution is 0.644. The van der Waals surface area contributed by atoms with Crippen molar-refractivity contribution in [1.82, 2.24) is 0 Å². The van der Waals surface area contributed by atoms with Crippen molar-refractivity contribution in [3.63, 3.8) is 0 Å². The molecule has 1 aromatic carbocycles. The molecule has 22 heavy (non-hydrogen) atoms. The van der Waals surface area contributed by atoms with Gasteiger partial charge in [0.05, 0.1) is 0 Å². The van der Waals surface area contributed by atoms with E-state index in [1.165, 1.54) is 16.7 Å². The van der Waals surface area contributed by atoms with Crippen molar-refractivity contribution >= 4 is 11.6 Å².